The van der Waals surface area contributed by atoms with Gasteiger partial charge in [-0.1, -0.05) is 6.58 Å². The molecule has 2 nitrogen and oxygen atoms in total. The molecule has 0 bridgehead atoms. The molecule has 0 N–H and O–H groups in total. The van der Waals surface area contributed by atoms with Gasteiger partial charge in [0.25, 0.3) is 0 Å². The van der Waals surface area contributed by atoms with Crippen molar-refractivity contribution in [1.82, 2.24) is 4.90 Å². The average Bonchev–Trinajstić information content (AvgIpc) is 2.05. The molecular formula is C7H11NOS. The number of carbonyl (C=O) groups excluding carboxylic acids is 1. The zero-order valence-electron chi connectivity index (χ0n) is 5.88. The normalized spacial score (nSPS) is 18.6. The summed E-state index contributed by atoms with van der Waals surface area (Å²) in [6, 6.07) is 0. The molecule has 1 fully saturated rings. The quantitative estimate of drug-likeness (QED) is 0.436. The van der Waals surface area contributed by atoms with E-state index in [1.54, 1.807) is 0 Å². The zero-order valence-corrected chi connectivity index (χ0v) is 6.69. The van der Waals surface area contributed by atoms with Gasteiger partial charge in [-0.25, -0.2) is 0 Å². The summed E-state index contributed by atoms with van der Waals surface area (Å²) in [4.78, 5) is 12.3. The Bertz CT molecular complexity index is 141. The largest absolute Gasteiger partial charge is 0.368 e. The Hall–Kier alpha value is -0.440. The van der Waals surface area contributed by atoms with Gasteiger partial charge in [0.1, 0.15) is 0 Å². The topological polar surface area (TPSA) is 20.3 Å². The highest BCUT2D eigenvalue weighted by Crippen LogP contribution is 2.11. The maximum atomic E-state index is 10.3. The number of hydrogen-bond acceptors (Lipinski definition) is 3. The van der Waals surface area contributed by atoms with Crippen LogP contribution in [0.1, 0.15) is 0 Å². The first kappa shape index (κ1) is 7.66. The van der Waals surface area contributed by atoms with Crippen molar-refractivity contribution in [3.8, 4) is 0 Å². The molecule has 0 aromatic heterocycles. The standard InChI is InChI=1S/C7H11NOS/c1-7(6-9)8-2-4-10-5-3-8/h6H,1-5H2. The molecule has 0 aromatic rings. The fraction of sp³-hybridized carbons (Fsp3) is 0.571. The minimum absolute atomic E-state index is 0.625. The third kappa shape index (κ3) is 1.77. The molecule has 1 saturated heterocycles. The van der Waals surface area contributed by atoms with E-state index in [2.05, 4.69) is 6.58 Å². The van der Waals surface area contributed by atoms with Crippen LogP contribution in [0.3, 0.4) is 0 Å². The third-order valence-corrected chi connectivity index (χ3v) is 2.50. The Morgan fingerprint density at radius 1 is 1.50 bits per heavy atom. The lowest BCUT2D eigenvalue weighted by atomic mass is 10.4. The van der Waals surface area contributed by atoms with Crippen LogP contribution in [0.2, 0.25) is 0 Å². The van der Waals surface area contributed by atoms with Gasteiger partial charge in [-0.3, -0.25) is 4.79 Å². The molecule has 1 rings (SSSR count). The summed E-state index contributed by atoms with van der Waals surface area (Å²) in [5, 5.41) is 0. The van der Waals surface area contributed by atoms with Crippen LogP contribution in [0.15, 0.2) is 12.3 Å². The Labute approximate surface area is 65.3 Å². The summed E-state index contributed by atoms with van der Waals surface area (Å²) in [6.45, 7) is 5.59. The van der Waals surface area contributed by atoms with Crippen LogP contribution in [-0.4, -0.2) is 35.8 Å². The molecule has 0 atom stereocenters. The highest BCUT2D eigenvalue weighted by molar-refractivity contribution is 7.99. The van der Waals surface area contributed by atoms with Crippen molar-refractivity contribution in [2.75, 3.05) is 24.6 Å². The smallest absolute Gasteiger partial charge is 0.165 e. The summed E-state index contributed by atoms with van der Waals surface area (Å²) in [5.41, 5.74) is 0.625. The monoisotopic (exact) mass is 157 g/mol. The van der Waals surface area contributed by atoms with Crippen molar-refractivity contribution in [3.63, 3.8) is 0 Å². The lowest BCUT2D eigenvalue weighted by Crippen LogP contribution is -2.31. The number of carbonyl (C=O) groups is 1. The molecule has 0 spiro atoms. The fourth-order valence-corrected chi connectivity index (χ4v) is 1.83. The molecular weight excluding hydrogens is 146 g/mol. The maximum Gasteiger partial charge on any atom is 0.165 e. The molecule has 0 saturated carbocycles. The van der Waals surface area contributed by atoms with E-state index < -0.39 is 0 Å². The van der Waals surface area contributed by atoms with Gasteiger partial charge in [0.2, 0.25) is 0 Å². The van der Waals surface area contributed by atoms with E-state index in [-0.39, 0.29) is 0 Å². The summed E-state index contributed by atoms with van der Waals surface area (Å²) in [5.74, 6) is 2.24. The van der Waals surface area contributed by atoms with E-state index >= 15 is 0 Å². The van der Waals surface area contributed by atoms with Crippen molar-refractivity contribution in [3.05, 3.63) is 12.3 Å². The lowest BCUT2D eigenvalue weighted by Gasteiger charge is -2.27. The highest BCUT2D eigenvalue weighted by atomic mass is 32.2. The van der Waals surface area contributed by atoms with Gasteiger partial charge in [0, 0.05) is 24.6 Å². The second-order valence-corrected chi connectivity index (χ2v) is 3.43. The molecule has 1 aliphatic rings. The minimum atomic E-state index is 0.625. The molecule has 0 aliphatic carbocycles. The fourth-order valence-electron chi connectivity index (χ4n) is 0.925. The first-order chi connectivity index (χ1) is 4.84. The lowest BCUT2D eigenvalue weighted by molar-refractivity contribution is -0.106. The predicted octanol–water partition coefficient (Wildman–Crippen LogP) is 0.748. The Balaban J connectivity index is 2.38. The SMILES string of the molecule is C=C(C=O)N1CCSCC1. The van der Waals surface area contributed by atoms with Crippen LogP contribution in [0, 0.1) is 0 Å². The first-order valence-corrected chi connectivity index (χ1v) is 4.47. The van der Waals surface area contributed by atoms with Gasteiger partial charge in [-0.15, -0.1) is 0 Å². The molecule has 0 radical (unpaired) electrons. The number of allylic oxidation sites excluding steroid dienone is 1. The van der Waals surface area contributed by atoms with Gasteiger partial charge in [0.15, 0.2) is 6.29 Å². The van der Waals surface area contributed by atoms with Gasteiger partial charge < -0.3 is 4.90 Å². The van der Waals surface area contributed by atoms with Crippen molar-refractivity contribution in [1.29, 1.82) is 0 Å². The van der Waals surface area contributed by atoms with Crippen LogP contribution in [0.4, 0.5) is 0 Å². The molecule has 0 unspecified atom stereocenters. The molecule has 3 heteroatoms. The molecule has 10 heavy (non-hydrogen) atoms. The predicted molar refractivity (Wildman–Crippen MR) is 44.1 cm³/mol. The van der Waals surface area contributed by atoms with Crippen LogP contribution in [0.25, 0.3) is 0 Å². The van der Waals surface area contributed by atoms with Crippen LogP contribution in [-0.2, 0) is 4.79 Å². The number of aldehydes is 1. The average molecular weight is 157 g/mol. The minimum Gasteiger partial charge on any atom is -0.368 e. The summed E-state index contributed by atoms with van der Waals surface area (Å²) >= 11 is 1.93. The van der Waals surface area contributed by atoms with Gasteiger partial charge in [0.05, 0.1) is 5.70 Å². The van der Waals surface area contributed by atoms with Gasteiger partial charge in [-0.2, -0.15) is 11.8 Å². The molecule has 0 amide bonds. The Kier molecular flexibility index (Phi) is 2.81. The van der Waals surface area contributed by atoms with E-state index in [0.29, 0.717) is 5.70 Å². The number of nitrogens with zero attached hydrogens (tertiary/aromatic N) is 1. The number of rotatable bonds is 2. The summed E-state index contributed by atoms with van der Waals surface area (Å²) < 4.78 is 0. The van der Waals surface area contributed by atoms with E-state index in [1.807, 2.05) is 16.7 Å². The van der Waals surface area contributed by atoms with Crippen molar-refractivity contribution < 1.29 is 4.79 Å². The van der Waals surface area contributed by atoms with E-state index in [4.69, 9.17) is 0 Å². The summed E-state index contributed by atoms with van der Waals surface area (Å²) in [6.07, 6.45) is 0.829. The summed E-state index contributed by atoms with van der Waals surface area (Å²) in [7, 11) is 0. The second-order valence-electron chi connectivity index (χ2n) is 2.21. The highest BCUT2D eigenvalue weighted by Gasteiger charge is 2.10. The van der Waals surface area contributed by atoms with Crippen LogP contribution >= 0.6 is 11.8 Å². The van der Waals surface area contributed by atoms with E-state index in [9.17, 15) is 4.79 Å². The van der Waals surface area contributed by atoms with Gasteiger partial charge in [-0.05, 0) is 0 Å². The molecule has 1 heterocycles. The Morgan fingerprint density at radius 2 is 2.10 bits per heavy atom. The van der Waals surface area contributed by atoms with Crippen LogP contribution in [0.5, 0.6) is 0 Å². The number of thioether (sulfide) groups is 1. The zero-order chi connectivity index (χ0) is 7.40. The maximum absolute atomic E-state index is 10.3. The molecule has 1 aliphatic heterocycles. The van der Waals surface area contributed by atoms with Crippen molar-refractivity contribution in [2.24, 2.45) is 0 Å². The number of hydrogen-bond donors (Lipinski definition) is 0. The van der Waals surface area contributed by atoms with Crippen molar-refractivity contribution >= 4 is 18.0 Å². The second kappa shape index (κ2) is 3.66. The van der Waals surface area contributed by atoms with Gasteiger partial charge >= 0.3 is 0 Å². The van der Waals surface area contributed by atoms with E-state index in [1.165, 1.54) is 0 Å². The van der Waals surface area contributed by atoms with Crippen LogP contribution < -0.4 is 0 Å². The molecule has 56 valence electrons. The first-order valence-electron chi connectivity index (χ1n) is 3.31. The Morgan fingerprint density at radius 3 is 2.60 bits per heavy atom. The molecule has 0 aromatic carbocycles. The van der Waals surface area contributed by atoms with E-state index in [0.717, 1.165) is 30.9 Å². The third-order valence-electron chi connectivity index (χ3n) is 1.55. The van der Waals surface area contributed by atoms with Crippen molar-refractivity contribution in [2.45, 2.75) is 0 Å².